The van der Waals surface area contributed by atoms with Crippen LogP contribution in [0.2, 0.25) is 0 Å². The minimum absolute atomic E-state index is 0.357. The third kappa shape index (κ3) is 4.59. The molecule has 1 aromatic rings. The van der Waals surface area contributed by atoms with Crippen LogP contribution < -0.4 is 4.74 Å². The Labute approximate surface area is 120 Å². The van der Waals surface area contributed by atoms with Crippen LogP contribution in [0, 0.1) is 0 Å². The Morgan fingerprint density at radius 1 is 1.20 bits per heavy atom. The number of hydrogen-bond donors (Lipinski definition) is 0. The molecule has 0 heterocycles. The van der Waals surface area contributed by atoms with Crippen molar-refractivity contribution in [3.8, 4) is 5.75 Å². The second-order valence-corrected chi connectivity index (χ2v) is 4.56. The molecule has 0 N–H and O–H groups in total. The highest BCUT2D eigenvalue weighted by atomic mass is 16.5. The third-order valence-electron chi connectivity index (χ3n) is 2.91. The average Bonchev–Trinajstić information content (AvgIpc) is 2.44. The molecule has 0 amide bonds. The molecule has 0 aromatic heterocycles. The normalized spacial score (nSPS) is 11.4. The van der Waals surface area contributed by atoms with E-state index in [4.69, 9.17) is 4.74 Å². The van der Waals surface area contributed by atoms with Crippen LogP contribution in [-0.4, -0.2) is 44.3 Å². The topological polar surface area (TPSA) is 42.0 Å². The molecule has 0 atom stereocenters. The van der Waals surface area contributed by atoms with Crippen molar-refractivity contribution in [3.05, 3.63) is 41.6 Å². The van der Waals surface area contributed by atoms with Crippen LogP contribution in [-0.2, 0) is 16.1 Å². The van der Waals surface area contributed by atoms with Gasteiger partial charge in [-0.15, -0.1) is 0 Å². The maximum absolute atomic E-state index is 11.3. The molecule has 0 unspecified atom stereocenters. The standard InChI is InChI=1S/C15H22N2O3/c1-12(10-15(18)20-5)17(16(2)3)11-13-6-8-14(19-4)9-7-13/h6-10H,11H2,1-5H3/b12-10+. The third-order valence-corrected chi connectivity index (χ3v) is 2.91. The molecule has 0 saturated carbocycles. The summed E-state index contributed by atoms with van der Waals surface area (Å²) in [5.74, 6) is 0.469. The molecule has 0 aliphatic heterocycles. The van der Waals surface area contributed by atoms with E-state index in [0.717, 1.165) is 17.0 Å². The van der Waals surface area contributed by atoms with E-state index in [-0.39, 0.29) is 5.97 Å². The van der Waals surface area contributed by atoms with Gasteiger partial charge in [-0.1, -0.05) is 12.1 Å². The van der Waals surface area contributed by atoms with Crippen molar-refractivity contribution >= 4 is 5.97 Å². The van der Waals surface area contributed by atoms with Crippen molar-refractivity contribution in [1.82, 2.24) is 10.0 Å². The second kappa shape index (κ2) is 7.55. The van der Waals surface area contributed by atoms with Crippen molar-refractivity contribution in [1.29, 1.82) is 0 Å². The molecule has 0 aliphatic carbocycles. The Balaban J connectivity index is 2.86. The number of hydrazine groups is 1. The van der Waals surface area contributed by atoms with Gasteiger partial charge in [0.15, 0.2) is 0 Å². The lowest BCUT2D eigenvalue weighted by Gasteiger charge is -2.31. The molecule has 0 bridgehead atoms. The second-order valence-electron chi connectivity index (χ2n) is 4.56. The van der Waals surface area contributed by atoms with Gasteiger partial charge in [0.05, 0.1) is 20.8 Å². The Kier molecular flexibility index (Phi) is 6.06. The van der Waals surface area contributed by atoms with E-state index >= 15 is 0 Å². The van der Waals surface area contributed by atoms with Gasteiger partial charge in [0.1, 0.15) is 5.75 Å². The molecule has 0 radical (unpaired) electrons. The first kappa shape index (κ1) is 16.0. The van der Waals surface area contributed by atoms with Crippen molar-refractivity contribution in [2.45, 2.75) is 13.5 Å². The van der Waals surface area contributed by atoms with Crippen LogP contribution in [0.4, 0.5) is 0 Å². The van der Waals surface area contributed by atoms with Crippen LogP contribution in [0.3, 0.4) is 0 Å². The number of methoxy groups -OCH3 is 2. The van der Waals surface area contributed by atoms with Crippen LogP contribution in [0.1, 0.15) is 12.5 Å². The van der Waals surface area contributed by atoms with Gasteiger partial charge in [0.2, 0.25) is 0 Å². The Morgan fingerprint density at radius 2 is 1.80 bits per heavy atom. The average molecular weight is 278 g/mol. The van der Waals surface area contributed by atoms with Gasteiger partial charge in [-0.25, -0.2) is 9.80 Å². The van der Waals surface area contributed by atoms with E-state index in [9.17, 15) is 4.79 Å². The molecule has 0 fully saturated rings. The van der Waals surface area contributed by atoms with Gasteiger partial charge in [-0.05, 0) is 24.6 Å². The van der Waals surface area contributed by atoms with Crippen LogP contribution in [0.25, 0.3) is 0 Å². The zero-order valence-corrected chi connectivity index (χ0v) is 12.7. The number of carbonyl (C=O) groups is 1. The number of benzene rings is 1. The van der Waals surface area contributed by atoms with E-state index < -0.39 is 0 Å². The van der Waals surface area contributed by atoms with Crippen molar-refractivity contribution in [2.75, 3.05) is 28.3 Å². The first-order valence-electron chi connectivity index (χ1n) is 6.32. The fourth-order valence-electron chi connectivity index (χ4n) is 1.79. The number of esters is 1. The molecule has 0 aliphatic rings. The first-order chi connectivity index (χ1) is 9.47. The summed E-state index contributed by atoms with van der Waals surface area (Å²) in [6.45, 7) is 2.54. The fraction of sp³-hybridized carbons (Fsp3) is 0.400. The summed E-state index contributed by atoms with van der Waals surface area (Å²) in [4.78, 5) is 11.3. The quantitative estimate of drug-likeness (QED) is 0.452. The molecular formula is C15H22N2O3. The molecule has 20 heavy (non-hydrogen) atoms. The predicted octanol–water partition coefficient (Wildman–Crippen LogP) is 2.05. The SMILES string of the molecule is COC(=O)/C=C(\C)N(Cc1ccc(OC)cc1)N(C)C. The monoisotopic (exact) mass is 278 g/mol. The van der Waals surface area contributed by atoms with Gasteiger partial charge >= 0.3 is 5.97 Å². The molecule has 0 saturated heterocycles. The minimum Gasteiger partial charge on any atom is -0.497 e. The Morgan fingerprint density at radius 3 is 2.25 bits per heavy atom. The molecule has 0 spiro atoms. The highest BCUT2D eigenvalue weighted by Crippen LogP contribution is 2.16. The maximum Gasteiger partial charge on any atom is 0.332 e. The van der Waals surface area contributed by atoms with Gasteiger partial charge in [0.25, 0.3) is 0 Å². The van der Waals surface area contributed by atoms with Crippen LogP contribution in [0.5, 0.6) is 5.75 Å². The minimum atomic E-state index is -0.357. The molecule has 5 heteroatoms. The zero-order valence-electron chi connectivity index (χ0n) is 12.7. The largest absolute Gasteiger partial charge is 0.497 e. The highest BCUT2D eigenvalue weighted by Gasteiger charge is 2.11. The smallest absolute Gasteiger partial charge is 0.332 e. The van der Waals surface area contributed by atoms with E-state index in [0.29, 0.717) is 6.54 Å². The van der Waals surface area contributed by atoms with E-state index in [1.54, 1.807) is 7.11 Å². The lowest BCUT2D eigenvalue weighted by Crippen LogP contribution is -2.35. The fourth-order valence-corrected chi connectivity index (χ4v) is 1.79. The lowest BCUT2D eigenvalue weighted by atomic mass is 10.2. The maximum atomic E-state index is 11.3. The summed E-state index contributed by atoms with van der Waals surface area (Å²) in [6.07, 6.45) is 1.48. The molecular weight excluding hydrogens is 256 g/mol. The van der Waals surface area contributed by atoms with Gasteiger partial charge < -0.3 is 14.5 Å². The van der Waals surface area contributed by atoms with Crippen LogP contribution >= 0.6 is 0 Å². The summed E-state index contributed by atoms with van der Waals surface area (Å²) >= 11 is 0. The molecule has 5 nitrogen and oxygen atoms in total. The Bertz CT molecular complexity index is 467. The first-order valence-corrected chi connectivity index (χ1v) is 6.32. The number of nitrogens with zero attached hydrogens (tertiary/aromatic N) is 2. The molecule has 1 aromatic carbocycles. The highest BCUT2D eigenvalue weighted by molar-refractivity contribution is 5.82. The lowest BCUT2D eigenvalue weighted by molar-refractivity contribution is -0.135. The summed E-state index contributed by atoms with van der Waals surface area (Å²) in [6, 6.07) is 7.84. The van der Waals surface area contributed by atoms with Gasteiger partial charge in [0, 0.05) is 25.9 Å². The summed E-state index contributed by atoms with van der Waals surface area (Å²) in [7, 11) is 6.87. The number of ether oxygens (including phenoxy) is 2. The summed E-state index contributed by atoms with van der Waals surface area (Å²) in [5.41, 5.74) is 1.94. The predicted molar refractivity (Wildman–Crippen MR) is 78.0 cm³/mol. The van der Waals surface area contributed by atoms with Crippen molar-refractivity contribution in [3.63, 3.8) is 0 Å². The van der Waals surface area contributed by atoms with Crippen molar-refractivity contribution < 1.29 is 14.3 Å². The van der Waals surface area contributed by atoms with Gasteiger partial charge in [-0.2, -0.15) is 0 Å². The number of rotatable bonds is 6. The van der Waals surface area contributed by atoms with Gasteiger partial charge in [-0.3, -0.25) is 0 Å². The van der Waals surface area contributed by atoms with E-state index in [1.165, 1.54) is 13.2 Å². The Hall–Kier alpha value is -2.01. The summed E-state index contributed by atoms with van der Waals surface area (Å²) < 4.78 is 9.79. The van der Waals surface area contributed by atoms with E-state index in [2.05, 4.69) is 4.74 Å². The number of allylic oxidation sites excluding steroid dienone is 1. The zero-order chi connectivity index (χ0) is 15.1. The number of carbonyl (C=O) groups excluding carboxylic acids is 1. The van der Waals surface area contributed by atoms with Crippen LogP contribution in [0.15, 0.2) is 36.0 Å². The number of hydrogen-bond acceptors (Lipinski definition) is 5. The molecule has 1 rings (SSSR count). The summed E-state index contributed by atoms with van der Waals surface area (Å²) in [5, 5.41) is 3.91. The van der Waals surface area contributed by atoms with E-state index in [1.807, 2.05) is 55.3 Å². The van der Waals surface area contributed by atoms with Crippen molar-refractivity contribution in [2.24, 2.45) is 0 Å². The molecule has 110 valence electrons.